The molecule has 2 aromatic heterocycles. The molecule has 2 N–H and O–H groups in total. The van der Waals surface area contributed by atoms with Crippen molar-refractivity contribution in [3.05, 3.63) is 23.5 Å². The second kappa shape index (κ2) is 5.28. The van der Waals surface area contributed by atoms with Crippen LogP contribution in [0.2, 0.25) is 0 Å². The summed E-state index contributed by atoms with van der Waals surface area (Å²) in [6, 6.07) is 3.34. The molecule has 22 heavy (non-hydrogen) atoms. The van der Waals surface area contributed by atoms with Crippen LogP contribution in [0.3, 0.4) is 0 Å². The zero-order chi connectivity index (χ0) is 15.9. The quantitative estimate of drug-likeness (QED) is 0.883. The highest BCUT2D eigenvalue weighted by molar-refractivity contribution is 6.03. The van der Waals surface area contributed by atoms with Crippen LogP contribution in [-0.2, 0) is 18.9 Å². The predicted octanol–water partition coefficient (Wildman–Crippen LogP) is 1.06. The number of amides is 2. The summed E-state index contributed by atoms with van der Waals surface area (Å²) in [5.74, 6) is 0.854. The zero-order valence-corrected chi connectivity index (χ0v) is 12.8. The van der Waals surface area contributed by atoms with E-state index in [2.05, 4.69) is 20.8 Å². The van der Waals surface area contributed by atoms with Crippen molar-refractivity contribution in [1.29, 1.82) is 0 Å². The molecule has 0 aromatic carbocycles. The van der Waals surface area contributed by atoms with Crippen LogP contribution >= 0.6 is 0 Å². The lowest BCUT2D eigenvalue weighted by atomic mass is 10.3. The number of aromatic nitrogens is 4. The fourth-order valence-corrected chi connectivity index (χ4v) is 2.18. The van der Waals surface area contributed by atoms with Crippen LogP contribution in [-0.4, -0.2) is 31.4 Å². The maximum atomic E-state index is 12.2. The van der Waals surface area contributed by atoms with Crippen molar-refractivity contribution in [2.24, 2.45) is 20.0 Å². The minimum Gasteiger partial charge on any atom is -0.311 e. The van der Waals surface area contributed by atoms with E-state index in [1.54, 1.807) is 30.9 Å². The smallest absolute Gasteiger partial charge is 0.277 e. The van der Waals surface area contributed by atoms with Crippen LogP contribution in [0.25, 0.3) is 0 Å². The number of hydrogen-bond acceptors (Lipinski definition) is 4. The molecule has 2 aromatic rings. The largest absolute Gasteiger partial charge is 0.311 e. The molecule has 116 valence electrons. The Hall–Kier alpha value is -2.64. The molecular formula is C14H18N6O2. The standard InChI is InChI=1S/C14H18N6O2/c1-8-6-11(19(2)17-8)16-14(22)10-7-12(20(3)18-10)15-13(21)9-4-5-9/h6-7,9H,4-5H2,1-3H3,(H,15,21)(H,16,22). The number of rotatable bonds is 4. The number of aryl methyl sites for hydroxylation is 3. The number of hydrogen-bond donors (Lipinski definition) is 2. The molecule has 0 aliphatic heterocycles. The maximum absolute atomic E-state index is 12.2. The molecular weight excluding hydrogens is 284 g/mol. The molecule has 1 fully saturated rings. The van der Waals surface area contributed by atoms with Gasteiger partial charge in [0.2, 0.25) is 5.91 Å². The highest BCUT2D eigenvalue weighted by atomic mass is 16.2. The lowest BCUT2D eigenvalue weighted by Crippen LogP contribution is -2.15. The van der Waals surface area contributed by atoms with Crippen molar-refractivity contribution >= 4 is 23.5 Å². The Labute approximate surface area is 127 Å². The van der Waals surface area contributed by atoms with Gasteiger partial charge in [-0.25, -0.2) is 0 Å². The van der Waals surface area contributed by atoms with Crippen LogP contribution < -0.4 is 10.6 Å². The first kappa shape index (κ1) is 14.3. The summed E-state index contributed by atoms with van der Waals surface area (Å²) in [6.45, 7) is 1.85. The average Bonchev–Trinajstić information content (AvgIpc) is 3.17. The van der Waals surface area contributed by atoms with Gasteiger partial charge in [-0.05, 0) is 19.8 Å². The molecule has 1 aliphatic rings. The van der Waals surface area contributed by atoms with Crippen molar-refractivity contribution in [3.63, 3.8) is 0 Å². The van der Waals surface area contributed by atoms with Gasteiger partial charge in [0.25, 0.3) is 5.91 Å². The van der Waals surface area contributed by atoms with Gasteiger partial charge in [0.1, 0.15) is 11.6 Å². The van der Waals surface area contributed by atoms with Crippen molar-refractivity contribution in [3.8, 4) is 0 Å². The molecule has 0 bridgehead atoms. The van der Waals surface area contributed by atoms with Crippen molar-refractivity contribution in [2.75, 3.05) is 10.6 Å². The lowest BCUT2D eigenvalue weighted by Gasteiger charge is -2.02. The SMILES string of the molecule is Cc1cc(NC(=O)c2cc(NC(=O)C3CC3)n(C)n2)n(C)n1. The molecule has 2 heterocycles. The van der Waals surface area contributed by atoms with Gasteiger partial charge < -0.3 is 10.6 Å². The lowest BCUT2D eigenvalue weighted by molar-refractivity contribution is -0.117. The maximum Gasteiger partial charge on any atom is 0.277 e. The topological polar surface area (TPSA) is 93.8 Å². The molecule has 8 heteroatoms. The van der Waals surface area contributed by atoms with Gasteiger partial charge in [-0.2, -0.15) is 10.2 Å². The van der Waals surface area contributed by atoms with E-state index >= 15 is 0 Å². The van der Waals surface area contributed by atoms with Crippen LogP contribution in [0.1, 0.15) is 29.0 Å². The van der Waals surface area contributed by atoms with E-state index in [-0.39, 0.29) is 23.4 Å². The summed E-state index contributed by atoms with van der Waals surface area (Å²) in [4.78, 5) is 24.0. The fourth-order valence-electron chi connectivity index (χ4n) is 2.18. The van der Waals surface area contributed by atoms with E-state index in [1.807, 2.05) is 6.92 Å². The summed E-state index contributed by atoms with van der Waals surface area (Å²) in [6.07, 6.45) is 1.85. The number of nitrogens with one attached hydrogen (secondary N) is 2. The Kier molecular flexibility index (Phi) is 3.44. The number of carbonyl (C=O) groups is 2. The van der Waals surface area contributed by atoms with Gasteiger partial charge in [-0.15, -0.1) is 0 Å². The van der Waals surface area contributed by atoms with Gasteiger partial charge in [-0.1, -0.05) is 0 Å². The molecule has 1 aliphatic carbocycles. The van der Waals surface area contributed by atoms with E-state index in [4.69, 9.17) is 0 Å². The van der Waals surface area contributed by atoms with Gasteiger partial charge >= 0.3 is 0 Å². The minimum absolute atomic E-state index is 0.0165. The van der Waals surface area contributed by atoms with Crippen molar-refractivity contribution < 1.29 is 9.59 Å². The normalized spacial score (nSPS) is 14.0. The predicted molar refractivity (Wildman–Crippen MR) is 80.5 cm³/mol. The highest BCUT2D eigenvalue weighted by Gasteiger charge is 2.30. The third-order valence-electron chi connectivity index (χ3n) is 3.56. The highest BCUT2D eigenvalue weighted by Crippen LogP contribution is 2.30. The van der Waals surface area contributed by atoms with Gasteiger partial charge in [0, 0.05) is 32.1 Å². The van der Waals surface area contributed by atoms with Crippen LogP contribution in [0.5, 0.6) is 0 Å². The molecule has 8 nitrogen and oxygen atoms in total. The molecule has 0 spiro atoms. The number of nitrogens with zero attached hydrogens (tertiary/aromatic N) is 4. The molecule has 0 saturated heterocycles. The molecule has 1 saturated carbocycles. The molecule has 0 unspecified atom stereocenters. The van der Waals surface area contributed by atoms with E-state index in [1.165, 1.54) is 4.68 Å². The van der Waals surface area contributed by atoms with Crippen LogP contribution in [0.15, 0.2) is 12.1 Å². The average molecular weight is 302 g/mol. The summed E-state index contributed by atoms with van der Waals surface area (Å²) in [5, 5.41) is 13.8. The van der Waals surface area contributed by atoms with Crippen molar-refractivity contribution in [2.45, 2.75) is 19.8 Å². The van der Waals surface area contributed by atoms with Gasteiger partial charge in [0.05, 0.1) is 5.69 Å². The molecule has 2 amide bonds. The Morgan fingerprint density at radius 2 is 1.73 bits per heavy atom. The first-order valence-electron chi connectivity index (χ1n) is 7.11. The van der Waals surface area contributed by atoms with Gasteiger partial charge in [-0.3, -0.25) is 19.0 Å². The summed E-state index contributed by atoms with van der Waals surface area (Å²) in [7, 11) is 3.44. The Morgan fingerprint density at radius 1 is 1.09 bits per heavy atom. The fraction of sp³-hybridized carbons (Fsp3) is 0.429. The second-order valence-corrected chi connectivity index (χ2v) is 5.55. The number of carbonyl (C=O) groups excluding carboxylic acids is 2. The second-order valence-electron chi connectivity index (χ2n) is 5.55. The third kappa shape index (κ3) is 2.85. The van der Waals surface area contributed by atoms with Crippen molar-refractivity contribution in [1.82, 2.24) is 19.6 Å². The number of anilines is 2. The molecule has 0 radical (unpaired) electrons. The summed E-state index contributed by atoms with van der Waals surface area (Å²) in [5.41, 5.74) is 1.06. The monoisotopic (exact) mass is 302 g/mol. The third-order valence-corrected chi connectivity index (χ3v) is 3.56. The van der Waals surface area contributed by atoms with Crippen LogP contribution in [0.4, 0.5) is 11.6 Å². The molecule has 3 rings (SSSR count). The van der Waals surface area contributed by atoms with E-state index in [9.17, 15) is 9.59 Å². The van der Waals surface area contributed by atoms with Gasteiger partial charge in [0.15, 0.2) is 5.69 Å². The Bertz CT molecular complexity index is 741. The Morgan fingerprint density at radius 3 is 2.32 bits per heavy atom. The van der Waals surface area contributed by atoms with E-state index in [0.717, 1.165) is 18.5 Å². The Balaban J connectivity index is 1.72. The van der Waals surface area contributed by atoms with E-state index < -0.39 is 0 Å². The zero-order valence-electron chi connectivity index (χ0n) is 12.8. The van der Waals surface area contributed by atoms with E-state index in [0.29, 0.717) is 11.6 Å². The molecule has 0 atom stereocenters. The first-order valence-corrected chi connectivity index (χ1v) is 7.11. The minimum atomic E-state index is -0.342. The first-order chi connectivity index (χ1) is 10.4. The van der Waals surface area contributed by atoms with Crippen LogP contribution in [0, 0.1) is 12.8 Å². The summed E-state index contributed by atoms with van der Waals surface area (Å²) >= 11 is 0. The summed E-state index contributed by atoms with van der Waals surface area (Å²) < 4.78 is 3.08.